The van der Waals surface area contributed by atoms with E-state index in [1.54, 1.807) is 29.8 Å². The maximum atomic E-state index is 12.8. The van der Waals surface area contributed by atoms with Gasteiger partial charge in [-0.25, -0.2) is 14.3 Å². The zero-order valence-electron chi connectivity index (χ0n) is 10.0. The maximum Gasteiger partial charge on any atom is 0.273 e. The van der Waals surface area contributed by atoms with Gasteiger partial charge in [0.05, 0.1) is 4.91 Å². The van der Waals surface area contributed by atoms with Gasteiger partial charge in [0, 0.05) is 11.6 Å². The number of halogens is 1. The molecule has 1 fully saturated rings. The molecule has 0 saturated carbocycles. The van der Waals surface area contributed by atoms with Gasteiger partial charge in [0.1, 0.15) is 5.82 Å². The summed E-state index contributed by atoms with van der Waals surface area (Å²) in [5.41, 5.74) is 0.719. The van der Waals surface area contributed by atoms with Crippen LogP contribution in [0.15, 0.2) is 40.7 Å². The fraction of sp³-hybridized carbons (Fsp3) is 0. The molecule has 0 atom stereocenters. The highest BCUT2D eigenvalue weighted by Crippen LogP contribution is 2.35. The van der Waals surface area contributed by atoms with Crippen LogP contribution >= 0.6 is 23.1 Å². The molecule has 2 aromatic rings. The van der Waals surface area contributed by atoms with Crippen LogP contribution in [-0.4, -0.2) is 16.1 Å². The number of benzene rings is 1. The third kappa shape index (κ3) is 2.37. The Morgan fingerprint density at radius 2 is 2.05 bits per heavy atom. The minimum absolute atomic E-state index is 0.123. The molecule has 4 nitrogen and oxygen atoms in total. The first-order chi connectivity index (χ1) is 9.65. The Morgan fingerprint density at radius 1 is 1.30 bits per heavy atom. The van der Waals surface area contributed by atoms with Gasteiger partial charge in [-0.2, -0.15) is 0 Å². The molecule has 1 amide bonds. The van der Waals surface area contributed by atoms with Crippen LogP contribution in [0.5, 0.6) is 0 Å². The number of rotatable bonds is 2. The molecule has 100 valence electrons. The summed E-state index contributed by atoms with van der Waals surface area (Å²) in [7, 11) is 0. The first-order valence-corrected chi connectivity index (χ1v) is 7.32. The summed E-state index contributed by atoms with van der Waals surface area (Å²) in [5.74, 6) is -0.603. The Hall–Kier alpha value is -1.99. The predicted octanol–water partition coefficient (Wildman–Crippen LogP) is 3.34. The molecule has 0 aliphatic carbocycles. The summed E-state index contributed by atoms with van der Waals surface area (Å²) in [4.78, 5) is 18.0. The monoisotopic (exact) mass is 305 g/mol. The minimum Gasteiger partial charge on any atom is -0.278 e. The molecule has 0 spiro atoms. The molecule has 20 heavy (non-hydrogen) atoms. The van der Waals surface area contributed by atoms with Gasteiger partial charge in [0.25, 0.3) is 5.91 Å². The Morgan fingerprint density at radius 3 is 2.70 bits per heavy atom. The molecule has 0 radical (unpaired) electrons. The quantitative estimate of drug-likeness (QED) is 0.866. The Labute approximate surface area is 122 Å². The number of carbonyl (C=O) groups excluding carboxylic acids is 1. The number of aromatic nitrogens is 1. The first-order valence-electron chi connectivity index (χ1n) is 5.63. The topological polar surface area (TPSA) is 57.1 Å². The lowest BCUT2D eigenvalue weighted by molar-refractivity contribution is -0.113. The standard InChI is InChI=1S/C13H8FN3OS2/c14-9-3-1-8(2-4-9)7-10-11(18)17(12(15)20-10)13-16-5-6-19-13/h1-7,15H. The second kappa shape index (κ2) is 5.18. The van der Waals surface area contributed by atoms with Crippen LogP contribution in [0.2, 0.25) is 0 Å². The molecule has 7 heteroatoms. The normalized spacial score (nSPS) is 17.2. The van der Waals surface area contributed by atoms with Crippen LogP contribution in [0.1, 0.15) is 5.56 Å². The number of thiazole rings is 1. The average molecular weight is 305 g/mol. The minimum atomic E-state index is -0.324. The van der Waals surface area contributed by atoms with E-state index >= 15 is 0 Å². The van der Waals surface area contributed by atoms with Crippen LogP contribution in [0, 0.1) is 11.2 Å². The van der Waals surface area contributed by atoms with Crippen molar-refractivity contribution in [2.45, 2.75) is 0 Å². The molecule has 1 saturated heterocycles. The number of hydrogen-bond acceptors (Lipinski definition) is 5. The summed E-state index contributed by atoms with van der Waals surface area (Å²) in [5, 5.41) is 10.2. The van der Waals surface area contributed by atoms with E-state index in [-0.39, 0.29) is 16.9 Å². The Bertz CT molecular complexity index is 695. The predicted molar refractivity (Wildman–Crippen MR) is 79.3 cm³/mol. The van der Waals surface area contributed by atoms with Crippen molar-refractivity contribution in [1.82, 2.24) is 4.98 Å². The molecule has 3 rings (SSSR count). The van der Waals surface area contributed by atoms with E-state index in [0.29, 0.717) is 10.0 Å². The van der Waals surface area contributed by atoms with E-state index in [2.05, 4.69) is 4.98 Å². The van der Waals surface area contributed by atoms with Crippen molar-refractivity contribution in [3.05, 3.63) is 52.1 Å². The zero-order valence-corrected chi connectivity index (χ0v) is 11.7. The van der Waals surface area contributed by atoms with Crippen molar-refractivity contribution in [3.8, 4) is 0 Å². The molecule has 1 aromatic carbocycles. The third-order valence-corrected chi connectivity index (χ3v) is 4.25. The molecule has 1 aliphatic rings. The summed E-state index contributed by atoms with van der Waals surface area (Å²) >= 11 is 2.37. The van der Waals surface area contributed by atoms with Gasteiger partial charge in [-0.05, 0) is 35.5 Å². The van der Waals surface area contributed by atoms with E-state index < -0.39 is 0 Å². The smallest absolute Gasteiger partial charge is 0.273 e. The van der Waals surface area contributed by atoms with E-state index in [1.807, 2.05) is 0 Å². The number of thioether (sulfide) groups is 1. The number of amidine groups is 1. The van der Waals surface area contributed by atoms with Crippen molar-refractivity contribution in [3.63, 3.8) is 0 Å². The average Bonchev–Trinajstić information content (AvgIpc) is 3.02. The molecule has 1 N–H and O–H groups in total. The summed E-state index contributed by atoms with van der Waals surface area (Å²) < 4.78 is 12.8. The second-order valence-electron chi connectivity index (χ2n) is 3.92. The summed E-state index contributed by atoms with van der Waals surface area (Å²) in [6, 6.07) is 5.85. The number of nitrogens with zero attached hydrogens (tertiary/aromatic N) is 2. The molecule has 0 unspecified atom stereocenters. The van der Waals surface area contributed by atoms with Crippen LogP contribution in [-0.2, 0) is 4.79 Å². The van der Waals surface area contributed by atoms with Gasteiger partial charge >= 0.3 is 0 Å². The largest absolute Gasteiger partial charge is 0.278 e. The number of anilines is 1. The van der Waals surface area contributed by atoms with Crippen LogP contribution in [0.25, 0.3) is 6.08 Å². The molecule has 0 bridgehead atoms. The first kappa shape index (κ1) is 13.0. The SMILES string of the molecule is N=C1SC(=Cc2ccc(F)cc2)C(=O)N1c1nccs1. The Kier molecular flexibility index (Phi) is 3.37. The van der Waals surface area contributed by atoms with Gasteiger partial charge in [-0.1, -0.05) is 12.1 Å². The van der Waals surface area contributed by atoms with E-state index in [1.165, 1.54) is 28.4 Å². The Balaban J connectivity index is 1.91. The number of amides is 1. The van der Waals surface area contributed by atoms with Gasteiger partial charge in [0.2, 0.25) is 0 Å². The molecule has 1 aliphatic heterocycles. The van der Waals surface area contributed by atoms with Crippen molar-refractivity contribution < 1.29 is 9.18 Å². The summed E-state index contributed by atoms with van der Waals surface area (Å²) in [6.07, 6.45) is 3.24. The third-order valence-electron chi connectivity index (χ3n) is 2.60. The number of carbonyl (C=O) groups is 1. The summed E-state index contributed by atoms with van der Waals surface area (Å²) in [6.45, 7) is 0. The van der Waals surface area contributed by atoms with E-state index in [9.17, 15) is 9.18 Å². The fourth-order valence-corrected chi connectivity index (χ4v) is 3.24. The molecule has 1 aromatic heterocycles. The van der Waals surface area contributed by atoms with E-state index in [4.69, 9.17) is 5.41 Å². The lowest BCUT2D eigenvalue weighted by Gasteiger charge is -2.08. The fourth-order valence-electron chi connectivity index (χ4n) is 1.70. The van der Waals surface area contributed by atoms with Crippen LogP contribution < -0.4 is 4.90 Å². The van der Waals surface area contributed by atoms with Crippen molar-refractivity contribution >= 4 is 45.4 Å². The number of nitrogens with one attached hydrogen (secondary N) is 1. The second-order valence-corrected chi connectivity index (χ2v) is 5.83. The zero-order chi connectivity index (χ0) is 14.1. The van der Waals surface area contributed by atoms with Crippen LogP contribution in [0.4, 0.5) is 9.52 Å². The lowest BCUT2D eigenvalue weighted by atomic mass is 10.2. The lowest BCUT2D eigenvalue weighted by Crippen LogP contribution is -2.27. The highest BCUT2D eigenvalue weighted by Gasteiger charge is 2.34. The molecular weight excluding hydrogens is 297 g/mol. The van der Waals surface area contributed by atoms with Crippen LogP contribution in [0.3, 0.4) is 0 Å². The van der Waals surface area contributed by atoms with Crippen molar-refractivity contribution in [2.24, 2.45) is 0 Å². The van der Waals surface area contributed by atoms with Gasteiger partial charge in [0.15, 0.2) is 10.3 Å². The van der Waals surface area contributed by atoms with Crippen molar-refractivity contribution in [2.75, 3.05) is 4.90 Å². The van der Waals surface area contributed by atoms with Gasteiger partial charge < -0.3 is 0 Å². The number of hydrogen-bond donors (Lipinski definition) is 1. The van der Waals surface area contributed by atoms with Crippen molar-refractivity contribution in [1.29, 1.82) is 5.41 Å². The van der Waals surface area contributed by atoms with E-state index in [0.717, 1.165) is 17.3 Å². The van der Waals surface area contributed by atoms with Gasteiger partial charge in [-0.15, -0.1) is 11.3 Å². The maximum absolute atomic E-state index is 12.8. The van der Waals surface area contributed by atoms with Gasteiger partial charge in [-0.3, -0.25) is 10.2 Å². The highest BCUT2D eigenvalue weighted by atomic mass is 32.2. The molecular formula is C13H8FN3OS2. The highest BCUT2D eigenvalue weighted by molar-refractivity contribution is 8.19. The molecule has 2 heterocycles.